The van der Waals surface area contributed by atoms with Crippen molar-refractivity contribution in [3.05, 3.63) is 0 Å². The van der Waals surface area contributed by atoms with Gasteiger partial charge in [0.05, 0.1) is 5.25 Å². The fourth-order valence-corrected chi connectivity index (χ4v) is 3.91. The minimum atomic E-state index is -3.23. The smallest absolute Gasteiger partial charge is 0.212 e. The molecule has 0 aromatic heterocycles. The second-order valence-electron chi connectivity index (χ2n) is 3.80. The van der Waals surface area contributed by atoms with E-state index in [-0.39, 0.29) is 5.25 Å². The molecular weight excluding hydrogens is 162 g/mol. The van der Waals surface area contributed by atoms with Crippen LogP contribution in [0.4, 0.5) is 0 Å². The largest absolute Gasteiger partial charge is 0.228 e. The van der Waals surface area contributed by atoms with Crippen LogP contribution in [0.25, 0.3) is 0 Å². The van der Waals surface area contributed by atoms with Crippen molar-refractivity contribution in [2.75, 3.05) is 0 Å². The van der Waals surface area contributed by atoms with Crippen LogP contribution >= 0.6 is 0 Å². The Labute approximate surface area is 67.0 Å². The minimum absolute atomic E-state index is 0.207. The molecule has 0 unspecified atom stereocenters. The van der Waals surface area contributed by atoms with Gasteiger partial charge in [-0.05, 0) is 31.1 Å². The fraction of sp³-hybridized carbons (Fsp3) is 1.00. The van der Waals surface area contributed by atoms with Crippen molar-refractivity contribution in [1.82, 2.24) is 0 Å². The zero-order valence-electron chi connectivity index (χ0n) is 6.36. The Morgan fingerprint density at radius 1 is 1.18 bits per heavy atom. The molecule has 4 heteroatoms. The van der Waals surface area contributed by atoms with Gasteiger partial charge in [-0.25, -0.2) is 13.6 Å². The Hall–Kier alpha value is -0.0900. The highest BCUT2D eigenvalue weighted by Crippen LogP contribution is 2.46. The van der Waals surface area contributed by atoms with E-state index in [2.05, 4.69) is 0 Å². The molecule has 2 N–H and O–H groups in total. The van der Waals surface area contributed by atoms with Gasteiger partial charge in [0.25, 0.3) is 0 Å². The molecule has 2 aliphatic rings. The highest BCUT2D eigenvalue weighted by atomic mass is 32.2. The quantitative estimate of drug-likeness (QED) is 0.629. The molecule has 2 fully saturated rings. The number of nitrogens with two attached hydrogens (primary N) is 1. The van der Waals surface area contributed by atoms with E-state index in [4.69, 9.17) is 5.14 Å². The summed E-state index contributed by atoms with van der Waals surface area (Å²) in [6.07, 6.45) is 4.22. The van der Waals surface area contributed by atoms with Crippen molar-refractivity contribution in [3.63, 3.8) is 0 Å². The number of hydrogen-bond acceptors (Lipinski definition) is 2. The summed E-state index contributed by atoms with van der Waals surface area (Å²) in [5.74, 6) is 1.04. The number of fused-ring (bicyclic) bond motifs is 2. The third-order valence-corrected chi connectivity index (χ3v) is 4.52. The van der Waals surface area contributed by atoms with Crippen LogP contribution in [-0.4, -0.2) is 13.7 Å². The molecule has 2 aliphatic carbocycles. The van der Waals surface area contributed by atoms with Gasteiger partial charge in [-0.2, -0.15) is 0 Å². The number of primary sulfonamides is 1. The van der Waals surface area contributed by atoms with Crippen molar-refractivity contribution in [1.29, 1.82) is 0 Å². The maximum Gasteiger partial charge on any atom is 0.212 e. The lowest BCUT2D eigenvalue weighted by Crippen LogP contribution is -2.32. The van der Waals surface area contributed by atoms with Crippen LogP contribution in [0, 0.1) is 11.8 Å². The van der Waals surface area contributed by atoms with Crippen molar-refractivity contribution < 1.29 is 8.42 Å². The van der Waals surface area contributed by atoms with Crippen LogP contribution in [0.15, 0.2) is 0 Å². The maximum atomic E-state index is 11.0. The van der Waals surface area contributed by atoms with E-state index in [1.165, 1.54) is 6.42 Å². The third-order valence-electron chi connectivity index (χ3n) is 3.10. The molecule has 2 bridgehead atoms. The zero-order valence-corrected chi connectivity index (χ0v) is 7.18. The monoisotopic (exact) mass is 175 g/mol. The molecule has 0 aromatic carbocycles. The van der Waals surface area contributed by atoms with Crippen molar-refractivity contribution >= 4 is 10.0 Å². The average molecular weight is 175 g/mol. The van der Waals surface area contributed by atoms with Gasteiger partial charge in [0.1, 0.15) is 0 Å². The highest BCUT2D eigenvalue weighted by Gasteiger charge is 2.44. The molecule has 2 rings (SSSR count). The Morgan fingerprint density at radius 2 is 1.91 bits per heavy atom. The molecule has 0 heterocycles. The van der Waals surface area contributed by atoms with E-state index in [1.807, 2.05) is 0 Å². The maximum absolute atomic E-state index is 11.0. The van der Waals surface area contributed by atoms with Gasteiger partial charge in [-0.3, -0.25) is 0 Å². The summed E-state index contributed by atoms with van der Waals surface area (Å²) in [4.78, 5) is 0. The molecule has 0 saturated heterocycles. The van der Waals surface area contributed by atoms with E-state index in [0.717, 1.165) is 19.3 Å². The Morgan fingerprint density at radius 3 is 2.18 bits per heavy atom. The molecule has 0 radical (unpaired) electrons. The molecule has 2 saturated carbocycles. The summed E-state index contributed by atoms with van der Waals surface area (Å²) in [6.45, 7) is 0. The van der Waals surface area contributed by atoms with Crippen LogP contribution in [-0.2, 0) is 10.0 Å². The topological polar surface area (TPSA) is 60.2 Å². The summed E-state index contributed by atoms with van der Waals surface area (Å²) in [7, 11) is -3.23. The standard InChI is InChI=1S/C7H13NO2S/c8-11(9,10)7-4-5-1-2-6(7)3-5/h5-7H,1-4H2,(H2,8,9,10)/t5-,6+,7-/m1/s1. The van der Waals surface area contributed by atoms with E-state index >= 15 is 0 Å². The molecule has 3 nitrogen and oxygen atoms in total. The van der Waals surface area contributed by atoms with Crippen molar-refractivity contribution in [2.45, 2.75) is 30.9 Å². The van der Waals surface area contributed by atoms with E-state index in [9.17, 15) is 8.42 Å². The molecule has 0 amide bonds. The molecule has 0 spiro atoms. The van der Waals surface area contributed by atoms with E-state index in [0.29, 0.717) is 11.8 Å². The summed E-state index contributed by atoms with van der Waals surface area (Å²) in [5.41, 5.74) is 0. The predicted molar refractivity (Wildman–Crippen MR) is 42.3 cm³/mol. The summed E-state index contributed by atoms with van der Waals surface area (Å²) in [5, 5.41) is 4.89. The predicted octanol–water partition coefficient (Wildman–Crippen LogP) is 0.464. The zero-order chi connectivity index (χ0) is 8.06. The van der Waals surface area contributed by atoms with Gasteiger partial charge in [0.15, 0.2) is 0 Å². The van der Waals surface area contributed by atoms with Crippen LogP contribution < -0.4 is 5.14 Å². The van der Waals surface area contributed by atoms with E-state index in [1.54, 1.807) is 0 Å². The summed E-state index contributed by atoms with van der Waals surface area (Å²) >= 11 is 0. The first-order valence-electron chi connectivity index (χ1n) is 4.09. The molecule has 0 aliphatic heterocycles. The van der Waals surface area contributed by atoms with E-state index < -0.39 is 10.0 Å². The normalized spacial score (nSPS) is 43.2. The van der Waals surface area contributed by atoms with Crippen molar-refractivity contribution in [3.8, 4) is 0 Å². The first-order valence-corrected chi connectivity index (χ1v) is 5.70. The molecule has 11 heavy (non-hydrogen) atoms. The second-order valence-corrected chi connectivity index (χ2v) is 5.59. The van der Waals surface area contributed by atoms with Crippen LogP contribution in [0.3, 0.4) is 0 Å². The van der Waals surface area contributed by atoms with Crippen LogP contribution in [0.5, 0.6) is 0 Å². The van der Waals surface area contributed by atoms with Gasteiger partial charge >= 0.3 is 0 Å². The van der Waals surface area contributed by atoms with Crippen LogP contribution in [0.2, 0.25) is 0 Å². The highest BCUT2D eigenvalue weighted by molar-refractivity contribution is 7.89. The fourth-order valence-electron chi connectivity index (χ4n) is 2.59. The second kappa shape index (κ2) is 2.20. The average Bonchev–Trinajstić information content (AvgIpc) is 2.42. The molecule has 0 aromatic rings. The Bertz CT molecular complexity index is 260. The van der Waals surface area contributed by atoms with Gasteiger partial charge in [-0.1, -0.05) is 6.42 Å². The van der Waals surface area contributed by atoms with Crippen molar-refractivity contribution in [2.24, 2.45) is 17.0 Å². The first kappa shape index (κ1) is 7.55. The first-order chi connectivity index (χ1) is 5.07. The van der Waals surface area contributed by atoms with Gasteiger partial charge in [-0.15, -0.1) is 0 Å². The van der Waals surface area contributed by atoms with Crippen LogP contribution in [0.1, 0.15) is 25.7 Å². The SMILES string of the molecule is NS(=O)(=O)[C@@H]1C[C@@H]2CC[C@H]1C2. The molecule has 3 atom stereocenters. The Balaban J connectivity index is 2.21. The number of hydrogen-bond donors (Lipinski definition) is 1. The number of rotatable bonds is 1. The number of sulfonamides is 1. The Kier molecular flexibility index (Phi) is 1.51. The molecular formula is C7H13NO2S. The lowest BCUT2D eigenvalue weighted by Gasteiger charge is -2.18. The van der Waals surface area contributed by atoms with Gasteiger partial charge < -0.3 is 0 Å². The summed E-state index contributed by atoms with van der Waals surface area (Å²) < 4.78 is 22.0. The lowest BCUT2D eigenvalue weighted by molar-refractivity contribution is 0.465. The summed E-state index contributed by atoms with van der Waals surface area (Å²) in [6, 6.07) is 0. The van der Waals surface area contributed by atoms with Gasteiger partial charge in [0.2, 0.25) is 10.0 Å². The molecule has 64 valence electrons. The third kappa shape index (κ3) is 1.18. The van der Waals surface area contributed by atoms with Gasteiger partial charge in [0, 0.05) is 0 Å². The minimum Gasteiger partial charge on any atom is -0.228 e. The lowest BCUT2D eigenvalue weighted by atomic mass is 10.0.